The first kappa shape index (κ1) is 18.8. The van der Waals surface area contributed by atoms with Crippen LogP contribution < -0.4 is 10.6 Å². The van der Waals surface area contributed by atoms with Crippen molar-refractivity contribution in [3.8, 4) is 0 Å². The lowest BCUT2D eigenvalue weighted by Crippen LogP contribution is -2.31. The van der Waals surface area contributed by atoms with E-state index in [0.29, 0.717) is 0 Å². The molecule has 0 aliphatic rings. The lowest BCUT2D eigenvalue weighted by Gasteiger charge is -2.18. The molecule has 0 unspecified atom stereocenters. The fourth-order valence-electron chi connectivity index (χ4n) is 2.72. The van der Waals surface area contributed by atoms with Crippen molar-refractivity contribution in [1.29, 1.82) is 0 Å². The van der Waals surface area contributed by atoms with Crippen LogP contribution in [0.3, 0.4) is 0 Å². The second-order valence-electron chi connectivity index (χ2n) is 6.06. The molecule has 0 aliphatic heterocycles. The van der Waals surface area contributed by atoms with Crippen LogP contribution in [0.25, 0.3) is 0 Å². The molecule has 1 aromatic heterocycles. The number of nitrogens with zero attached hydrogens (tertiary/aromatic N) is 1. The lowest BCUT2D eigenvalue weighted by atomic mass is 10.0. The Morgan fingerprint density at radius 3 is 2.52 bits per heavy atom. The normalized spacial score (nSPS) is 11.7. The second-order valence-corrected chi connectivity index (χ2v) is 7.04. The minimum atomic E-state index is -0.510. The van der Waals surface area contributed by atoms with Crippen LogP contribution in [0.5, 0.6) is 0 Å². The molecular weight excluding hydrogens is 362 g/mol. The molecule has 0 fully saturated rings. The Morgan fingerprint density at radius 1 is 1.11 bits per heavy atom. The van der Waals surface area contributed by atoms with Gasteiger partial charge in [0.2, 0.25) is 5.91 Å². The number of carbonyl (C=O) groups excluding carboxylic acids is 1. The van der Waals surface area contributed by atoms with Gasteiger partial charge in [0.15, 0.2) is 0 Å². The summed E-state index contributed by atoms with van der Waals surface area (Å²) in [5.74, 6) is -0.335. The molecule has 0 radical (unpaired) electrons. The summed E-state index contributed by atoms with van der Waals surface area (Å²) in [5.41, 5.74) is 2.29. The third kappa shape index (κ3) is 4.78. The SMILES string of the molecule is Cc1ccc([C@@H](NCC(=O)Nc2ccccc2[N+](=O)[O-])c2cccs2)cc1. The van der Waals surface area contributed by atoms with E-state index in [1.165, 1.54) is 12.1 Å². The number of thiophene rings is 1. The highest BCUT2D eigenvalue weighted by molar-refractivity contribution is 7.10. The Bertz CT molecular complexity index is 924. The van der Waals surface area contributed by atoms with Gasteiger partial charge >= 0.3 is 0 Å². The fourth-order valence-corrected chi connectivity index (χ4v) is 3.55. The molecule has 2 N–H and O–H groups in total. The smallest absolute Gasteiger partial charge is 0.292 e. The predicted octanol–water partition coefficient (Wildman–Crippen LogP) is 4.28. The first-order chi connectivity index (χ1) is 13.0. The number of para-hydroxylation sites is 2. The van der Waals surface area contributed by atoms with E-state index in [0.717, 1.165) is 16.0 Å². The molecule has 1 atom stereocenters. The monoisotopic (exact) mass is 381 g/mol. The number of anilines is 1. The minimum absolute atomic E-state index is 0.0302. The van der Waals surface area contributed by atoms with E-state index < -0.39 is 4.92 Å². The molecule has 27 heavy (non-hydrogen) atoms. The molecule has 1 amide bonds. The number of rotatable bonds is 7. The molecular formula is C20H19N3O3S. The van der Waals surface area contributed by atoms with Gasteiger partial charge in [0.25, 0.3) is 5.69 Å². The molecule has 0 bridgehead atoms. The summed E-state index contributed by atoms with van der Waals surface area (Å²) >= 11 is 1.61. The minimum Gasteiger partial charge on any atom is -0.319 e. The van der Waals surface area contributed by atoms with E-state index in [-0.39, 0.29) is 29.9 Å². The van der Waals surface area contributed by atoms with Crippen LogP contribution in [0, 0.1) is 17.0 Å². The standard InChI is InChI=1S/C20H19N3O3S/c1-14-8-10-15(11-9-14)20(18-7-4-12-27-18)21-13-19(24)22-16-5-2-3-6-17(16)23(25)26/h2-12,20-21H,13H2,1H3,(H,22,24)/t20-/m1/s1. The Kier molecular flexibility index (Phi) is 5.95. The van der Waals surface area contributed by atoms with E-state index in [1.54, 1.807) is 23.5 Å². The molecule has 7 heteroatoms. The van der Waals surface area contributed by atoms with Gasteiger partial charge in [-0.3, -0.25) is 20.2 Å². The number of hydrogen-bond donors (Lipinski definition) is 2. The maximum absolute atomic E-state index is 12.4. The number of nitrogens with one attached hydrogen (secondary N) is 2. The Morgan fingerprint density at radius 2 is 1.85 bits per heavy atom. The van der Waals surface area contributed by atoms with Gasteiger partial charge in [-0.15, -0.1) is 11.3 Å². The van der Waals surface area contributed by atoms with E-state index >= 15 is 0 Å². The van der Waals surface area contributed by atoms with Gasteiger partial charge < -0.3 is 5.32 Å². The summed E-state index contributed by atoms with van der Waals surface area (Å²) in [6, 6.07) is 18.1. The van der Waals surface area contributed by atoms with Gasteiger partial charge in [-0.2, -0.15) is 0 Å². The van der Waals surface area contributed by atoms with Crippen molar-refractivity contribution < 1.29 is 9.72 Å². The zero-order valence-corrected chi connectivity index (χ0v) is 15.5. The Balaban J connectivity index is 1.71. The lowest BCUT2D eigenvalue weighted by molar-refractivity contribution is -0.383. The molecule has 0 aliphatic carbocycles. The maximum Gasteiger partial charge on any atom is 0.292 e. The maximum atomic E-state index is 12.4. The van der Waals surface area contributed by atoms with Gasteiger partial charge in [-0.1, -0.05) is 48.0 Å². The molecule has 138 valence electrons. The van der Waals surface area contributed by atoms with E-state index in [9.17, 15) is 14.9 Å². The van der Waals surface area contributed by atoms with Crippen molar-refractivity contribution in [2.45, 2.75) is 13.0 Å². The molecule has 0 saturated heterocycles. The fraction of sp³-hybridized carbons (Fsp3) is 0.150. The molecule has 1 heterocycles. The highest BCUT2D eigenvalue weighted by Crippen LogP contribution is 2.26. The summed E-state index contributed by atoms with van der Waals surface area (Å²) in [6.45, 7) is 2.06. The molecule has 6 nitrogen and oxygen atoms in total. The van der Waals surface area contributed by atoms with Crippen molar-refractivity contribution in [1.82, 2.24) is 5.32 Å². The molecule has 3 aromatic rings. The Labute approximate surface area is 161 Å². The van der Waals surface area contributed by atoms with Crippen molar-refractivity contribution in [3.63, 3.8) is 0 Å². The van der Waals surface area contributed by atoms with Gasteiger partial charge in [-0.05, 0) is 30.0 Å². The topological polar surface area (TPSA) is 84.3 Å². The third-order valence-electron chi connectivity index (χ3n) is 4.08. The number of carbonyl (C=O) groups is 1. The molecule has 0 saturated carbocycles. The first-order valence-electron chi connectivity index (χ1n) is 8.41. The zero-order valence-electron chi connectivity index (χ0n) is 14.7. The van der Waals surface area contributed by atoms with Crippen molar-refractivity contribution in [2.24, 2.45) is 0 Å². The van der Waals surface area contributed by atoms with Crippen molar-refractivity contribution in [2.75, 3.05) is 11.9 Å². The van der Waals surface area contributed by atoms with Crippen LogP contribution in [0.1, 0.15) is 22.0 Å². The summed E-state index contributed by atoms with van der Waals surface area (Å²) < 4.78 is 0. The number of nitro benzene ring substituents is 1. The second kappa shape index (κ2) is 8.57. The number of amides is 1. The largest absolute Gasteiger partial charge is 0.319 e. The average Bonchev–Trinajstić information content (AvgIpc) is 3.18. The van der Waals surface area contributed by atoms with Crippen LogP contribution in [-0.4, -0.2) is 17.4 Å². The number of nitro groups is 1. The average molecular weight is 381 g/mol. The van der Waals surface area contributed by atoms with Crippen LogP contribution in [0.15, 0.2) is 66.0 Å². The number of aryl methyl sites for hydroxylation is 1. The third-order valence-corrected chi connectivity index (χ3v) is 5.02. The molecule has 0 spiro atoms. The zero-order chi connectivity index (χ0) is 19.2. The summed E-state index contributed by atoms with van der Waals surface area (Å²) in [6.07, 6.45) is 0. The van der Waals surface area contributed by atoms with E-state index in [2.05, 4.69) is 10.6 Å². The van der Waals surface area contributed by atoms with Gasteiger partial charge in [-0.25, -0.2) is 0 Å². The van der Waals surface area contributed by atoms with Gasteiger partial charge in [0, 0.05) is 10.9 Å². The molecule has 2 aromatic carbocycles. The van der Waals surface area contributed by atoms with Gasteiger partial charge in [0.05, 0.1) is 17.5 Å². The highest BCUT2D eigenvalue weighted by atomic mass is 32.1. The highest BCUT2D eigenvalue weighted by Gasteiger charge is 2.18. The van der Waals surface area contributed by atoms with Crippen LogP contribution in [-0.2, 0) is 4.79 Å². The first-order valence-corrected chi connectivity index (χ1v) is 9.29. The van der Waals surface area contributed by atoms with Gasteiger partial charge in [0.1, 0.15) is 5.69 Å². The Hall–Kier alpha value is -3.03. The molecule has 3 rings (SSSR count). The summed E-state index contributed by atoms with van der Waals surface area (Å²) in [5, 5.41) is 18.9. The van der Waals surface area contributed by atoms with E-state index in [1.807, 2.05) is 48.7 Å². The van der Waals surface area contributed by atoms with Crippen molar-refractivity contribution >= 4 is 28.6 Å². The van der Waals surface area contributed by atoms with Crippen LogP contribution in [0.2, 0.25) is 0 Å². The summed E-state index contributed by atoms with van der Waals surface area (Å²) in [7, 11) is 0. The summed E-state index contributed by atoms with van der Waals surface area (Å²) in [4.78, 5) is 24.0. The number of benzene rings is 2. The predicted molar refractivity (Wildman–Crippen MR) is 107 cm³/mol. The van der Waals surface area contributed by atoms with Crippen molar-refractivity contribution in [3.05, 3.63) is 92.2 Å². The quantitative estimate of drug-likeness (QED) is 0.472. The van der Waals surface area contributed by atoms with Crippen LogP contribution >= 0.6 is 11.3 Å². The van der Waals surface area contributed by atoms with Crippen LogP contribution in [0.4, 0.5) is 11.4 Å². The van der Waals surface area contributed by atoms with E-state index in [4.69, 9.17) is 0 Å². The number of hydrogen-bond acceptors (Lipinski definition) is 5.